The first kappa shape index (κ1) is 14.5. The molecule has 0 radical (unpaired) electrons. The Balaban J connectivity index is 1.97. The number of rotatable bonds is 4. The third kappa shape index (κ3) is 2.96. The lowest BCUT2D eigenvalue weighted by molar-refractivity contribution is 0.0526. The monoisotopic (exact) mass is 306 g/mol. The van der Waals surface area contributed by atoms with Gasteiger partial charge >= 0.3 is 0 Å². The first-order valence-corrected chi connectivity index (χ1v) is 8.35. The highest BCUT2D eigenvalue weighted by atomic mass is 32.1. The highest BCUT2D eigenvalue weighted by molar-refractivity contribution is 7.18. The minimum absolute atomic E-state index is 0.312. The predicted octanol–water partition coefficient (Wildman–Crippen LogP) is 3.05. The van der Waals surface area contributed by atoms with Gasteiger partial charge in [0.15, 0.2) is 0 Å². The summed E-state index contributed by atoms with van der Waals surface area (Å²) in [4.78, 5) is 13.9. The van der Waals surface area contributed by atoms with E-state index in [4.69, 9.17) is 9.72 Å². The molecule has 2 aromatic heterocycles. The van der Waals surface area contributed by atoms with Crippen LogP contribution in [0.2, 0.25) is 0 Å². The quantitative estimate of drug-likeness (QED) is 0.941. The molecular weight excluding hydrogens is 284 g/mol. The van der Waals surface area contributed by atoms with Crippen molar-refractivity contribution in [2.24, 2.45) is 0 Å². The molecule has 0 bridgehead atoms. The van der Waals surface area contributed by atoms with Crippen LogP contribution in [-0.2, 0) is 4.74 Å². The zero-order chi connectivity index (χ0) is 14.8. The lowest BCUT2D eigenvalue weighted by Crippen LogP contribution is -2.40. The number of nitrogens with zero attached hydrogens (tertiary/aromatic N) is 3. The Morgan fingerprint density at radius 2 is 2.33 bits per heavy atom. The predicted molar refractivity (Wildman–Crippen MR) is 88.6 cm³/mol. The molecule has 1 unspecified atom stereocenters. The molecule has 2 aromatic rings. The number of nitrogens with one attached hydrogen (secondary N) is 1. The summed E-state index contributed by atoms with van der Waals surface area (Å²) in [5.41, 5.74) is 0. The Morgan fingerprint density at radius 3 is 3.10 bits per heavy atom. The van der Waals surface area contributed by atoms with Gasteiger partial charge in [-0.2, -0.15) is 4.98 Å². The molecule has 6 heteroatoms. The van der Waals surface area contributed by atoms with Crippen LogP contribution < -0.4 is 10.2 Å². The molecule has 0 aliphatic carbocycles. The number of aryl methyl sites for hydroxylation is 1. The Morgan fingerprint density at radius 1 is 1.48 bits per heavy atom. The summed E-state index contributed by atoms with van der Waals surface area (Å²) in [6.07, 6.45) is 2.60. The molecule has 114 valence electrons. The molecule has 21 heavy (non-hydrogen) atoms. The van der Waals surface area contributed by atoms with E-state index < -0.39 is 0 Å². The summed E-state index contributed by atoms with van der Waals surface area (Å²) in [5, 5.41) is 4.23. The fourth-order valence-corrected chi connectivity index (χ4v) is 3.76. The van der Waals surface area contributed by atoms with Crippen LogP contribution in [0.1, 0.15) is 24.6 Å². The average molecular weight is 306 g/mol. The van der Waals surface area contributed by atoms with Crippen molar-refractivity contribution >= 4 is 33.3 Å². The Bertz CT molecular complexity index is 625. The van der Waals surface area contributed by atoms with Gasteiger partial charge in [0, 0.05) is 31.6 Å². The minimum Gasteiger partial charge on any atom is -0.377 e. The summed E-state index contributed by atoms with van der Waals surface area (Å²) < 4.78 is 5.81. The van der Waals surface area contributed by atoms with Gasteiger partial charge in [0.25, 0.3) is 0 Å². The number of anilines is 2. The lowest BCUT2D eigenvalue weighted by Gasteiger charge is -2.33. The summed E-state index contributed by atoms with van der Waals surface area (Å²) in [6, 6.07) is 2.19. The number of ether oxygens (including phenoxy) is 1. The first-order valence-electron chi connectivity index (χ1n) is 7.53. The van der Waals surface area contributed by atoms with Crippen LogP contribution in [0.15, 0.2) is 6.07 Å². The van der Waals surface area contributed by atoms with Gasteiger partial charge in [0.1, 0.15) is 10.6 Å². The number of fused-ring (bicyclic) bond motifs is 1. The van der Waals surface area contributed by atoms with Crippen LogP contribution in [0.3, 0.4) is 0 Å². The maximum absolute atomic E-state index is 5.81. The highest BCUT2D eigenvalue weighted by Crippen LogP contribution is 2.33. The third-order valence-corrected chi connectivity index (χ3v) is 4.74. The fraction of sp³-hybridized carbons (Fsp3) is 0.600. The van der Waals surface area contributed by atoms with Crippen molar-refractivity contribution in [2.75, 3.05) is 37.0 Å². The van der Waals surface area contributed by atoms with Crippen molar-refractivity contribution in [1.29, 1.82) is 0 Å². The summed E-state index contributed by atoms with van der Waals surface area (Å²) in [6.45, 7) is 6.90. The number of thiophene rings is 1. The maximum atomic E-state index is 5.81. The topological polar surface area (TPSA) is 50.3 Å². The van der Waals surface area contributed by atoms with Crippen LogP contribution in [0.4, 0.5) is 11.8 Å². The maximum Gasteiger partial charge on any atom is 0.225 e. The van der Waals surface area contributed by atoms with E-state index in [-0.39, 0.29) is 0 Å². The number of aromatic nitrogens is 2. The zero-order valence-corrected chi connectivity index (χ0v) is 13.7. The van der Waals surface area contributed by atoms with Gasteiger partial charge in [0.05, 0.1) is 11.5 Å². The minimum atomic E-state index is 0.312. The standard InChI is InChI=1S/C15H22N4OS/c1-4-20-11-6-5-7-19(9-11)13-12-8-10(2)21-14(12)18-15(16-3)17-13/h8,11H,4-7,9H2,1-3H3,(H,16,17,18). The second-order valence-electron chi connectivity index (χ2n) is 5.36. The van der Waals surface area contributed by atoms with E-state index in [9.17, 15) is 0 Å². The van der Waals surface area contributed by atoms with E-state index in [0.29, 0.717) is 12.1 Å². The SMILES string of the molecule is CCOC1CCCN(c2nc(NC)nc3sc(C)cc23)C1. The number of hydrogen-bond donors (Lipinski definition) is 1. The van der Waals surface area contributed by atoms with Gasteiger partial charge in [-0.1, -0.05) is 0 Å². The Hall–Kier alpha value is -1.40. The first-order chi connectivity index (χ1) is 10.2. The zero-order valence-electron chi connectivity index (χ0n) is 12.8. The average Bonchev–Trinajstić information content (AvgIpc) is 2.86. The van der Waals surface area contributed by atoms with Crippen LogP contribution in [0.25, 0.3) is 10.2 Å². The molecule has 0 amide bonds. The molecular formula is C15H22N4OS. The van der Waals surface area contributed by atoms with Crippen LogP contribution in [0, 0.1) is 6.92 Å². The number of piperidine rings is 1. The summed E-state index contributed by atoms with van der Waals surface area (Å²) in [7, 11) is 1.87. The Kier molecular flexibility index (Phi) is 4.26. The van der Waals surface area contributed by atoms with E-state index in [1.807, 2.05) is 7.05 Å². The molecule has 1 fully saturated rings. The van der Waals surface area contributed by atoms with Crippen LogP contribution in [-0.4, -0.2) is 42.8 Å². The van der Waals surface area contributed by atoms with Crippen molar-refractivity contribution in [1.82, 2.24) is 9.97 Å². The smallest absolute Gasteiger partial charge is 0.225 e. The van der Waals surface area contributed by atoms with Crippen molar-refractivity contribution < 1.29 is 4.74 Å². The van der Waals surface area contributed by atoms with Crippen LogP contribution in [0.5, 0.6) is 0 Å². The van der Waals surface area contributed by atoms with Crippen molar-refractivity contribution in [2.45, 2.75) is 32.8 Å². The lowest BCUT2D eigenvalue weighted by atomic mass is 10.1. The molecule has 1 aliphatic rings. The molecule has 0 spiro atoms. The van der Waals surface area contributed by atoms with E-state index in [1.165, 1.54) is 4.88 Å². The van der Waals surface area contributed by atoms with E-state index in [1.54, 1.807) is 11.3 Å². The molecule has 1 N–H and O–H groups in total. The fourth-order valence-electron chi connectivity index (χ4n) is 2.88. The normalized spacial score (nSPS) is 19.2. The van der Waals surface area contributed by atoms with Gasteiger partial charge < -0.3 is 15.0 Å². The van der Waals surface area contributed by atoms with Gasteiger partial charge in [-0.3, -0.25) is 0 Å². The molecule has 1 atom stereocenters. The molecule has 0 saturated carbocycles. The Labute approximate surface area is 129 Å². The second kappa shape index (κ2) is 6.15. The van der Waals surface area contributed by atoms with Gasteiger partial charge in [-0.25, -0.2) is 4.98 Å². The summed E-state index contributed by atoms with van der Waals surface area (Å²) >= 11 is 1.72. The molecule has 5 nitrogen and oxygen atoms in total. The van der Waals surface area contributed by atoms with Crippen LogP contribution >= 0.6 is 11.3 Å². The second-order valence-corrected chi connectivity index (χ2v) is 6.60. The van der Waals surface area contributed by atoms with Crippen molar-refractivity contribution in [3.05, 3.63) is 10.9 Å². The van der Waals surface area contributed by atoms with Gasteiger partial charge in [-0.05, 0) is 32.8 Å². The van der Waals surface area contributed by atoms with E-state index in [2.05, 4.69) is 35.1 Å². The van der Waals surface area contributed by atoms with Gasteiger partial charge in [0.2, 0.25) is 5.95 Å². The molecule has 3 heterocycles. The largest absolute Gasteiger partial charge is 0.377 e. The molecule has 1 aliphatic heterocycles. The summed E-state index contributed by atoms with van der Waals surface area (Å²) in [5.74, 6) is 1.73. The number of hydrogen-bond acceptors (Lipinski definition) is 6. The van der Waals surface area contributed by atoms with Gasteiger partial charge in [-0.15, -0.1) is 11.3 Å². The molecule has 1 saturated heterocycles. The van der Waals surface area contributed by atoms with E-state index in [0.717, 1.165) is 48.6 Å². The van der Waals surface area contributed by atoms with Crippen molar-refractivity contribution in [3.8, 4) is 0 Å². The van der Waals surface area contributed by atoms with Crippen molar-refractivity contribution in [3.63, 3.8) is 0 Å². The molecule has 3 rings (SSSR count). The van der Waals surface area contributed by atoms with E-state index >= 15 is 0 Å². The molecule has 0 aromatic carbocycles. The third-order valence-electron chi connectivity index (χ3n) is 3.80. The highest BCUT2D eigenvalue weighted by Gasteiger charge is 2.23.